The van der Waals surface area contributed by atoms with Crippen LogP contribution in [0.5, 0.6) is 0 Å². The predicted octanol–water partition coefficient (Wildman–Crippen LogP) is 2.51. The number of hydrogen-bond donors (Lipinski definition) is 3. The van der Waals surface area contributed by atoms with E-state index in [-0.39, 0.29) is 23.4 Å². The van der Waals surface area contributed by atoms with Crippen LogP contribution in [0.15, 0.2) is 12.1 Å². The fraction of sp³-hybridized carbons (Fsp3) is 0.538. The van der Waals surface area contributed by atoms with Gasteiger partial charge < -0.3 is 16.2 Å². The Bertz CT molecular complexity index is 426. The molecule has 0 aromatic heterocycles. The SMILES string of the molecule is Nc1ccc(F)c(F)c1NCC1CCCCC1O. The molecule has 0 spiro atoms. The number of hydrogen-bond acceptors (Lipinski definition) is 3. The van der Waals surface area contributed by atoms with Crippen LogP contribution in [0.1, 0.15) is 25.7 Å². The van der Waals surface area contributed by atoms with E-state index in [1.54, 1.807) is 0 Å². The van der Waals surface area contributed by atoms with E-state index in [0.29, 0.717) is 6.54 Å². The molecule has 18 heavy (non-hydrogen) atoms. The molecular weight excluding hydrogens is 238 g/mol. The summed E-state index contributed by atoms with van der Waals surface area (Å²) in [5, 5.41) is 12.6. The monoisotopic (exact) mass is 256 g/mol. The Labute approximate surface area is 105 Å². The van der Waals surface area contributed by atoms with E-state index in [9.17, 15) is 13.9 Å². The van der Waals surface area contributed by atoms with E-state index in [1.165, 1.54) is 6.07 Å². The Morgan fingerprint density at radius 3 is 2.72 bits per heavy atom. The highest BCUT2D eigenvalue weighted by Gasteiger charge is 2.23. The molecule has 1 aromatic carbocycles. The summed E-state index contributed by atoms with van der Waals surface area (Å²) in [5.41, 5.74) is 5.78. The molecule has 1 aliphatic rings. The summed E-state index contributed by atoms with van der Waals surface area (Å²) in [7, 11) is 0. The van der Waals surface area contributed by atoms with Gasteiger partial charge in [0.15, 0.2) is 11.6 Å². The minimum absolute atomic E-state index is 0.00669. The van der Waals surface area contributed by atoms with Gasteiger partial charge in [-0.3, -0.25) is 0 Å². The third kappa shape index (κ3) is 2.72. The van der Waals surface area contributed by atoms with Crippen LogP contribution in [0.2, 0.25) is 0 Å². The molecule has 1 saturated carbocycles. The van der Waals surface area contributed by atoms with Crippen molar-refractivity contribution in [3.63, 3.8) is 0 Å². The summed E-state index contributed by atoms with van der Waals surface area (Å²) in [4.78, 5) is 0. The topological polar surface area (TPSA) is 58.3 Å². The van der Waals surface area contributed by atoms with Gasteiger partial charge in [0.2, 0.25) is 0 Å². The lowest BCUT2D eigenvalue weighted by Gasteiger charge is -2.28. The number of anilines is 2. The van der Waals surface area contributed by atoms with Crippen LogP contribution in [-0.2, 0) is 0 Å². The van der Waals surface area contributed by atoms with Crippen molar-refractivity contribution in [1.29, 1.82) is 0 Å². The third-order valence-electron chi connectivity index (χ3n) is 3.54. The van der Waals surface area contributed by atoms with Crippen molar-refractivity contribution >= 4 is 11.4 Å². The van der Waals surface area contributed by atoms with Crippen molar-refractivity contribution < 1.29 is 13.9 Å². The smallest absolute Gasteiger partial charge is 0.183 e. The second kappa shape index (κ2) is 5.52. The van der Waals surface area contributed by atoms with E-state index in [0.717, 1.165) is 31.7 Å². The highest BCUT2D eigenvalue weighted by Crippen LogP contribution is 2.28. The fourth-order valence-electron chi connectivity index (χ4n) is 2.40. The summed E-state index contributed by atoms with van der Waals surface area (Å²) in [5.74, 6) is -1.81. The zero-order chi connectivity index (χ0) is 13.1. The van der Waals surface area contributed by atoms with Gasteiger partial charge >= 0.3 is 0 Å². The Morgan fingerprint density at radius 1 is 1.28 bits per heavy atom. The van der Waals surface area contributed by atoms with Gasteiger partial charge in [-0.25, -0.2) is 8.78 Å². The van der Waals surface area contributed by atoms with Gasteiger partial charge in [0.05, 0.1) is 17.5 Å². The van der Waals surface area contributed by atoms with Crippen molar-refractivity contribution in [2.24, 2.45) is 5.92 Å². The van der Waals surface area contributed by atoms with Crippen LogP contribution in [0, 0.1) is 17.6 Å². The number of rotatable bonds is 3. The van der Waals surface area contributed by atoms with Crippen LogP contribution < -0.4 is 11.1 Å². The average molecular weight is 256 g/mol. The zero-order valence-electron chi connectivity index (χ0n) is 10.1. The van der Waals surface area contributed by atoms with Crippen molar-refractivity contribution in [3.8, 4) is 0 Å². The first kappa shape index (κ1) is 13.1. The zero-order valence-corrected chi connectivity index (χ0v) is 10.1. The number of benzene rings is 1. The molecule has 4 N–H and O–H groups in total. The number of nitrogens with one attached hydrogen (secondary N) is 1. The number of nitrogen functional groups attached to an aromatic ring is 1. The lowest BCUT2D eigenvalue weighted by atomic mass is 9.86. The van der Waals surface area contributed by atoms with Crippen molar-refractivity contribution in [3.05, 3.63) is 23.8 Å². The number of aliphatic hydroxyl groups excluding tert-OH is 1. The predicted molar refractivity (Wildman–Crippen MR) is 67.2 cm³/mol. The van der Waals surface area contributed by atoms with Crippen LogP contribution in [0.3, 0.4) is 0 Å². The highest BCUT2D eigenvalue weighted by atomic mass is 19.2. The van der Waals surface area contributed by atoms with Gasteiger partial charge in [0.25, 0.3) is 0 Å². The molecule has 0 heterocycles. The summed E-state index contributed by atoms with van der Waals surface area (Å²) in [6.45, 7) is 0.408. The van der Waals surface area contributed by atoms with Crippen LogP contribution in [-0.4, -0.2) is 17.8 Å². The van der Waals surface area contributed by atoms with Gasteiger partial charge in [-0.2, -0.15) is 0 Å². The molecule has 1 aliphatic carbocycles. The number of nitrogens with two attached hydrogens (primary N) is 1. The first-order chi connectivity index (χ1) is 8.59. The Morgan fingerprint density at radius 2 is 2.00 bits per heavy atom. The standard InChI is InChI=1S/C13H18F2N2O/c14-9-5-6-10(16)13(12(9)15)17-7-8-3-1-2-4-11(8)18/h5-6,8,11,17-18H,1-4,7,16H2. The normalized spacial score (nSPS) is 23.9. The minimum atomic E-state index is -0.958. The molecule has 0 saturated heterocycles. The molecular formula is C13H18F2N2O. The molecule has 0 bridgehead atoms. The van der Waals surface area contributed by atoms with E-state index >= 15 is 0 Å². The molecule has 1 aromatic rings. The molecule has 0 aliphatic heterocycles. The highest BCUT2D eigenvalue weighted by molar-refractivity contribution is 5.66. The van der Waals surface area contributed by atoms with Gasteiger partial charge in [-0.05, 0) is 25.0 Å². The van der Waals surface area contributed by atoms with E-state index in [4.69, 9.17) is 5.73 Å². The van der Waals surface area contributed by atoms with Crippen molar-refractivity contribution in [2.45, 2.75) is 31.8 Å². The Balaban J connectivity index is 2.03. The van der Waals surface area contributed by atoms with Gasteiger partial charge in [0, 0.05) is 12.5 Å². The first-order valence-corrected chi connectivity index (χ1v) is 6.25. The molecule has 2 atom stereocenters. The van der Waals surface area contributed by atoms with E-state index in [2.05, 4.69) is 5.32 Å². The second-order valence-corrected chi connectivity index (χ2v) is 4.82. The number of halogens is 2. The van der Waals surface area contributed by atoms with Gasteiger partial charge in [-0.15, -0.1) is 0 Å². The maximum Gasteiger partial charge on any atom is 0.183 e. The third-order valence-corrected chi connectivity index (χ3v) is 3.54. The van der Waals surface area contributed by atoms with E-state index < -0.39 is 11.6 Å². The first-order valence-electron chi connectivity index (χ1n) is 6.25. The largest absolute Gasteiger partial charge is 0.397 e. The van der Waals surface area contributed by atoms with Crippen LogP contribution in [0.4, 0.5) is 20.2 Å². The number of aliphatic hydroxyl groups is 1. The second-order valence-electron chi connectivity index (χ2n) is 4.82. The molecule has 2 unspecified atom stereocenters. The molecule has 3 nitrogen and oxygen atoms in total. The van der Waals surface area contributed by atoms with Crippen LogP contribution >= 0.6 is 0 Å². The maximum absolute atomic E-state index is 13.5. The van der Waals surface area contributed by atoms with Crippen molar-refractivity contribution in [2.75, 3.05) is 17.6 Å². The molecule has 1 fully saturated rings. The molecule has 0 amide bonds. The molecule has 0 radical (unpaired) electrons. The summed E-state index contributed by atoms with van der Waals surface area (Å²) in [6, 6.07) is 2.34. The lowest BCUT2D eigenvalue weighted by Crippen LogP contribution is -2.30. The van der Waals surface area contributed by atoms with Crippen LogP contribution in [0.25, 0.3) is 0 Å². The van der Waals surface area contributed by atoms with E-state index in [1.807, 2.05) is 0 Å². The van der Waals surface area contributed by atoms with Crippen molar-refractivity contribution in [1.82, 2.24) is 0 Å². The summed E-state index contributed by atoms with van der Waals surface area (Å²) < 4.78 is 26.6. The van der Waals surface area contributed by atoms with Gasteiger partial charge in [0.1, 0.15) is 0 Å². The maximum atomic E-state index is 13.5. The fourth-order valence-corrected chi connectivity index (χ4v) is 2.40. The lowest BCUT2D eigenvalue weighted by molar-refractivity contribution is 0.0763. The molecule has 5 heteroatoms. The summed E-state index contributed by atoms with van der Waals surface area (Å²) >= 11 is 0. The minimum Gasteiger partial charge on any atom is -0.397 e. The Hall–Kier alpha value is -1.36. The average Bonchev–Trinajstić information content (AvgIpc) is 2.36. The quantitative estimate of drug-likeness (QED) is 0.728. The molecule has 100 valence electrons. The summed E-state index contributed by atoms with van der Waals surface area (Å²) in [6.07, 6.45) is 3.38. The van der Waals surface area contributed by atoms with Gasteiger partial charge in [-0.1, -0.05) is 12.8 Å². The Kier molecular flexibility index (Phi) is 4.01. The molecule has 2 rings (SSSR count).